The van der Waals surface area contributed by atoms with E-state index < -0.39 is 15.9 Å². The molecule has 0 saturated carbocycles. The first-order chi connectivity index (χ1) is 15.9. The summed E-state index contributed by atoms with van der Waals surface area (Å²) in [5, 5.41) is 2.73. The summed E-state index contributed by atoms with van der Waals surface area (Å²) >= 11 is 0. The Hall–Kier alpha value is -3.49. The molecule has 3 aromatic rings. The fraction of sp³-hybridized carbons (Fsp3) is 0.200. The predicted molar refractivity (Wildman–Crippen MR) is 126 cm³/mol. The Bertz CT molecular complexity index is 1160. The molecule has 0 heterocycles. The van der Waals surface area contributed by atoms with Crippen LogP contribution in [-0.4, -0.2) is 37.8 Å². The summed E-state index contributed by atoms with van der Waals surface area (Å²) in [6.07, 6.45) is 0.141. The van der Waals surface area contributed by atoms with Gasteiger partial charge in [0.15, 0.2) is 0 Å². The molecular weight excluding hydrogens is 440 g/mol. The summed E-state index contributed by atoms with van der Waals surface area (Å²) in [4.78, 5) is 24.5. The topological polar surface area (TPSA) is 92.8 Å². The SMILES string of the molecule is CCOC(=O)Cc1ccc(NC(=O)CN(Cc2ccccc2)S(=O)(=O)c2ccccc2)cc1. The zero-order valence-corrected chi connectivity index (χ0v) is 19.1. The van der Waals surface area contributed by atoms with Crippen LogP contribution in [0.25, 0.3) is 0 Å². The molecule has 1 amide bonds. The minimum Gasteiger partial charge on any atom is -0.466 e. The van der Waals surface area contributed by atoms with Crippen LogP contribution in [0.3, 0.4) is 0 Å². The quantitative estimate of drug-likeness (QED) is 0.461. The van der Waals surface area contributed by atoms with E-state index in [1.54, 1.807) is 49.4 Å². The molecule has 0 unspecified atom stereocenters. The minimum absolute atomic E-state index is 0.0595. The number of nitrogens with one attached hydrogen (secondary N) is 1. The molecule has 8 heteroatoms. The van der Waals surface area contributed by atoms with Gasteiger partial charge in [0, 0.05) is 12.2 Å². The number of amides is 1. The van der Waals surface area contributed by atoms with Gasteiger partial charge in [-0.3, -0.25) is 9.59 Å². The molecule has 0 aliphatic heterocycles. The van der Waals surface area contributed by atoms with E-state index in [4.69, 9.17) is 4.74 Å². The van der Waals surface area contributed by atoms with Crippen molar-refractivity contribution >= 4 is 27.6 Å². The van der Waals surface area contributed by atoms with Gasteiger partial charge in [-0.05, 0) is 42.3 Å². The highest BCUT2D eigenvalue weighted by Gasteiger charge is 2.26. The molecule has 1 N–H and O–H groups in total. The highest BCUT2D eigenvalue weighted by atomic mass is 32.2. The van der Waals surface area contributed by atoms with Gasteiger partial charge >= 0.3 is 5.97 Å². The Kier molecular flexibility index (Phi) is 8.34. The van der Waals surface area contributed by atoms with Crippen LogP contribution in [0.1, 0.15) is 18.1 Å². The zero-order valence-electron chi connectivity index (χ0n) is 18.3. The number of benzene rings is 3. The van der Waals surface area contributed by atoms with Crippen LogP contribution in [0.4, 0.5) is 5.69 Å². The minimum atomic E-state index is -3.89. The van der Waals surface area contributed by atoms with Gasteiger partial charge < -0.3 is 10.1 Å². The van der Waals surface area contributed by atoms with Crippen molar-refractivity contribution in [3.63, 3.8) is 0 Å². The number of hydrogen-bond donors (Lipinski definition) is 1. The summed E-state index contributed by atoms with van der Waals surface area (Å²) in [6.45, 7) is 1.77. The molecule has 0 fully saturated rings. The highest BCUT2D eigenvalue weighted by molar-refractivity contribution is 7.89. The molecule has 0 aliphatic rings. The molecule has 7 nitrogen and oxygen atoms in total. The molecule has 0 saturated heterocycles. The smallest absolute Gasteiger partial charge is 0.310 e. The van der Waals surface area contributed by atoms with Gasteiger partial charge in [0.05, 0.1) is 24.5 Å². The number of ether oxygens (including phenoxy) is 1. The number of sulfonamides is 1. The number of carbonyl (C=O) groups excluding carboxylic acids is 2. The van der Waals surface area contributed by atoms with E-state index in [1.807, 2.05) is 30.3 Å². The van der Waals surface area contributed by atoms with Crippen molar-refractivity contribution in [1.29, 1.82) is 0 Å². The Morgan fingerprint density at radius 3 is 2.06 bits per heavy atom. The van der Waals surface area contributed by atoms with Crippen molar-refractivity contribution in [2.75, 3.05) is 18.5 Å². The van der Waals surface area contributed by atoms with Crippen LogP contribution in [0, 0.1) is 0 Å². The van der Waals surface area contributed by atoms with Crippen LogP contribution in [0.5, 0.6) is 0 Å². The predicted octanol–water partition coefficient (Wildman–Crippen LogP) is 3.62. The Balaban J connectivity index is 1.73. The highest BCUT2D eigenvalue weighted by Crippen LogP contribution is 2.19. The van der Waals surface area contributed by atoms with Crippen LogP contribution < -0.4 is 5.32 Å². The molecule has 33 heavy (non-hydrogen) atoms. The van der Waals surface area contributed by atoms with Crippen LogP contribution in [-0.2, 0) is 37.3 Å². The number of anilines is 1. The molecule has 0 bridgehead atoms. The standard InChI is InChI=1S/C25H26N2O5S/c1-2-32-25(29)17-20-13-15-22(16-14-20)26-24(28)19-27(18-21-9-5-3-6-10-21)33(30,31)23-11-7-4-8-12-23/h3-16H,2,17-19H2,1H3,(H,26,28). The second kappa shape index (κ2) is 11.4. The van der Waals surface area contributed by atoms with Crippen molar-refractivity contribution < 1.29 is 22.7 Å². The maximum Gasteiger partial charge on any atom is 0.310 e. The van der Waals surface area contributed by atoms with E-state index in [1.165, 1.54) is 12.1 Å². The number of carbonyl (C=O) groups is 2. The van der Waals surface area contributed by atoms with Gasteiger partial charge in [0.2, 0.25) is 15.9 Å². The third-order valence-corrected chi connectivity index (χ3v) is 6.60. The molecule has 0 spiro atoms. The lowest BCUT2D eigenvalue weighted by Gasteiger charge is -2.22. The molecular formula is C25H26N2O5S. The van der Waals surface area contributed by atoms with Crippen molar-refractivity contribution in [3.8, 4) is 0 Å². The molecule has 0 aliphatic carbocycles. The molecule has 3 aromatic carbocycles. The van der Waals surface area contributed by atoms with E-state index in [0.29, 0.717) is 12.3 Å². The first-order valence-electron chi connectivity index (χ1n) is 10.5. The fourth-order valence-electron chi connectivity index (χ4n) is 3.20. The Morgan fingerprint density at radius 1 is 0.848 bits per heavy atom. The third-order valence-electron chi connectivity index (χ3n) is 4.79. The van der Waals surface area contributed by atoms with Gasteiger partial charge in [0.1, 0.15) is 0 Å². The lowest BCUT2D eigenvalue weighted by Crippen LogP contribution is -2.37. The Morgan fingerprint density at radius 2 is 1.45 bits per heavy atom. The van der Waals surface area contributed by atoms with Crippen LogP contribution in [0.2, 0.25) is 0 Å². The van der Waals surface area contributed by atoms with Gasteiger partial charge in [-0.1, -0.05) is 60.7 Å². The maximum absolute atomic E-state index is 13.2. The summed E-state index contributed by atoms with van der Waals surface area (Å²) in [5.41, 5.74) is 2.03. The summed E-state index contributed by atoms with van der Waals surface area (Å²) in [5.74, 6) is -0.791. The lowest BCUT2D eigenvalue weighted by atomic mass is 10.1. The van der Waals surface area contributed by atoms with Gasteiger partial charge in [-0.2, -0.15) is 4.31 Å². The molecule has 172 valence electrons. The molecule has 0 atom stereocenters. The average molecular weight is 467 g/mol. The number of nitrogens with zero attached hydrogens (tertiary/aromatic N) is 1. The van der Waals surface area contributed by atoms with E-state index in [0.717, 1.165) is 15.4 Å². The molecule has 3 rings (SSSR count). The summed E-state index contributed by atoms with van der Waals surface area (Å²) in [7, 11) is -3.89. The monoisotopic (exact) mass is 466 g/mol. The van der Waals surface area contributed by atoms with E-state index in [2.05, 4.69) is 5.32 Å². The second-order valence-electron chi connectivity index (χ2n) is 7.30. The van der Waals surface area contributed by atoms with Crippen LogP contribution >= 0.6 is 0 Å². The molecule has 0 aromatic heterocycles. The summed E-state index contributed by atoms with van der Waals surface area (Å²) < 4.78 is 32.5. The third kappa shape index (κ3) is 7.00. The van der Waals surface area contributed by atoms with E-state index in [-0.39, 0.29) is 30.4 Å². The lowest BCUT2D eigenvalue weighted by molar-refractivity contribution is -0.142. The van der Waals surface area contributed by atoms with E-state index in [9.17, 15) is 18.0 Å². The van der Waals surface area contributed by atoms with Crippen molar-refractivity contribution in [3.05, 3.63) is 96.1 Å². The number of hydrogen-bond acceptors (Lipinski definition) is 5. The van der Waals surface area contributed by atoms with Crippen LogP contribution in [0.15, 0.2) is 89.8 Å². The first kappa shape index (κ1) is 24.2. The molecule has 0 radical (unpaired) electrons. The Labute approximate surface area is 194 Å². The normalized spacial score (nSPS) is 11.2. The van der Waals surface area contributed by atoms with E-state index >= 15 is 0 Å². The van der Waals surface area contributed by atoms with Crippen molar-refractivity contribution in [1.82, 2.24) is 4.31 Å². The largest absolute Gasteiger partial charge is 0.466 e. The second-order valence-corrected chi connectivity index (χ2v) is 9.24. The van der Waals surface area contributed by atoms with Gasteiger partial charge in [-0.15, -0.1) is 0 Å². The number of rotatable bonds is 10. The van der Waals surface area contributed by atoms with Gasteiger partial charge in [-0.25, -0.2) is 8.42 Å². The first-order valence-corrected chi connectivity index (χ1v) is 12.0. The average Bonchev–Trinajstić information content (AvgIpc) is 2.81. The zero-order chi connectivity index (χ0) is 23.7. The number of esters is 1. The fourth-order valence-corrected chi connectivity index (χ4v) is 4.61. The van der Waals surface area contributed by atoms with Crippen molar-refractivity contribution in [2.45, 2.75) is 24.8 Å². The van der Waals surface area contributed by atoms with Crippen molar-refractivity contribution in [2.24, 2.45) is 0 Å². The maximum atomic E-state index is 13.2. The van der Waals surface area contributed by atoms with Gasteiger partial charge in [0.25, 0.3) is 0 Å². The summed E-state index contributed by atoms with van der Waals surface area (Å²) in [6, 6.07) is 23.9.